The summed E-state index contributed by atoms with van der Waals surface area (Å²) in [5.41, 5.74) is 3.21. The number of oxime groups is 1. The summed E-state index contributed by atoms with van der Waals surface area (Å²) in [4.78, 5) is 9.08. The van der Waals surface area contributed by atoms with E-state index in [1.54, 1.807) is 18.9 Å². The van der Waals surface area contributed by atoms with Crippen LogP contribution in [-0.4, -0.2) is 85.0 Å². The largest absolute Gasteiger partial charge is 0.492 e. The maximum atomic E-state index is 9.85. The maximum Gasteiger partial charge on any atom is 0.231 e. The average Bonchev–Trinajstić information content (AvgIpc) is 3.98. The molecule has 2 aliphatic heterocycles. The van der Waals surface area contributed by atoms with Gasteiger partial charge in [-0.25, -0.2) is 0 Å². The maximum absolute atomic E-state index is 9.85. The zero-order valence-corrected chi connectivity index (χ0v) is 30.6. The smallest absolute Gasteiger partial charge is 0.231 e. The summed E-state index contributed by atoms with van der Waals surface area (Å²) in [7, 11) is 1.63. The minimum atomic E-state index is -1.02. The monoisotopic (exact) mass is 712 g/mol. The molecule has 0 bridgehead atoms. The van der Waals surface area contributed by atoms with Gasteiger partial charge in [-0.2, -0.15) is 0 Å². The minimum absolute atomic E-state index is 0.0363. The first kappa shape index (κ1) is 36.0. The number of aliphatic hydroxyl groups excluding tert-OH is 2. The fraction of sp³-hybridized carbons (Fsp3) is 0.500. The van der Waals surface area contributed by atoms with Crippen LogP contribution in [0.2, 0.25) is 0 Å². The Morgan fingerprint density at radius 1 is 1.00 bits per heavy atom. The van der Waals surface area contributed by atoms with Gasteiger partial charge in [-0.05, 0) is 84.2 Å². The van der Waals surface area contributed by atoms with Crippen molar-refractivity contribution in [1.82, 2.24) is 4.90 Å². The second kappa shape index (κ2) is 16.6. The number of aliphatic hydroxyl groups is 2. The van der Waals surface area contributed by atoms with E-state index in [4.69, 9.17) is 24.2 Å². The minimum Gasteiger partial charge on any atom is -0.492 e. The number of fused-ring (bicyclic) bond motifs is 3. The van der Waals surface area contributed by atoms with Crippen molar-refractivity contribution in [3.8, 4) is 11.5 Å². The van der Waals surface area contributed by atoms with Crippen LogP contribution < -0.4 is 9.47 Å². The molecule has 0 amide bonds. The van der Waals surface area contributed by atoms with Crippen LogP contribution >= 0.6 is 11.8 Å². The van der Waals surface area contributed by atoms with Crippen molar-refractivity contribution in [1.29, 1.82) is 0 Å². The molecule has 3 aromatic rings. The van der Waals surface area contributed by atoms with Crippen LogP contribution in [0.1, 0.15) is 56.4 Å². The number of hydrogen-bond acceptors (Lipinski definition) is 9. The van der Waals surface area contributed by atoms with Gasteiger partial charge in [0.05, 0.1) is 23.5 Å². The van der Waals surface area contributed by atoms with E-state index in [9.17, 15) is 10.2 Å². The fourth-order valence-corrected chi connectivity index (χ4v) is 9.95. The summed E-state index contributed by atoms with van der Waals surface area (Å²) in [6, 6.07) is 21.4. The standard InChI is InChI=1S/C42H52N2O6S/c1-3-23-49-42-39(51-33-16-14-29-10-4-5-11-30(29)25-33)28-37(43-47-2)35-26-31(12-6-8-21-45)34(13-7-9-22-46)40(41(35)42)36-27-32(15-17-38(36)50-42)48-24-20-44-18-19-44/h3-5,10-11,14-17,25-27,31,34,39-41,45-46H,1,6-9,12-13,18-24,28H2,2H3. The first-order valence-corrected chi connectivity index (χ1v) is 19.6. The molecule has 8 nitrogen and oxygen atoms in total. The van der Waals surface area contributed by atoms with Crippen molar-refractivity contribution in [2.45, 2.75) is 66.8 Å². The highest BCUT2D eigenvalue weighted by Gasteiger charge is 2.64. The van der Waals surface area contributed by atoms with Crippen molar-refractivity contribution in [3.05, 3.63) is 90.5 Å². The van der Waals surface area contributed by atoms with Crippen molar-refractivity contribution in [2.24, 2.45) is 22.9 Å². The lowest BCUT2D eigenvalue weighted by molar-refractivity contribution is -0.223. The van der Waals surface area contributed by atoms with Crippen LogP contribution in [0.25, 0.3) is 10.8 Å². The molecule has 2 heterocycles. The Kier molecular flexibility index (Phi) is 11.7. The highest BCUT2D eigenvalue weighted by molar-refractivity contribution is 8.00. The summed E-state index contributed by atoms with van der Waals surface area (Å²) < 4.78 is 20.7. The molecule has 1 saturated carbocycles. The van der Waals surface area contributed by atoms with Gasteiger partial charge in [-0.1, -0.05) is 60.5 Å². The second-order valence-electron chi connectivity index (χ2n) is 14.2. The van der Waals surface area contributed by atoms with Gasteiger partial charge in [0.15, 0.2) is 0 Å². The molecule has 2 aliphatic carbocycles. The van der Waals surface area contributed by atoms with Crippen molar-refractivity contribution in [3.63, 3.8) is 0 Å². The third-order valence-electron chi connectivity index (χ3n) is 11.0. The molecule has 6 atom stereocenters. The molecule has 272 valence electrons. The van der Waals surface area contributed by atoms with E-state index in [1.165, 1.54) is 10.8 Å². The summed E-state index contributed by atoms with van der Waals surface area (Å²) in [5.74, 6) is 1.02. The number of hydrogen-bond donors (Lipinski definition) is 2. The number of ether oxygens (including phenoxy) is 3. The molecular weight excluding hydrogens is 661 g/mol. The molecule has 1 saturated heterocycles. The predicted molar refractivity (Wildman–Crippen MR) is 204 cm³/mol. The Hall–Kier alpha value is -3.34. The number of unbranched alkanes of at least 4 members (excludes halogenated alkanes) is 2. The SMILES string of the molecule is C=CCOC12Oc3ccc(OCCN4CC4)cc3C3C(CCCCO)C(CCCCO)C=C(C(=NOC)CC1Sc1ccc4ccccc4c1)C32. The lowest BCUT2D eigenvalue weighted by Gasteiger charge is -2.58. The zero-order valence-electron chi connectivity index (χ0n) is 29.8. The van der Waals surface area contributed by atoms with Crippen LogP contribution in [0.3, 0.4) is 0 Å². The van der Waals surface area contributed by atoms with Crippen molar-refractivity contribution >= 4 is 28.2 Å². The molecule has 3 aromatic carbocycles. The molecule has 0 aromatic heterocycles. The Bertz CT molecular complexity index is 1720. The molecule has 9 heteroatoms. The van der Waals surface area contributed by atoms with Crippen LogP contribution in [0, 0.1) is 17.8 Å². The van der Waals surface area contributed by atoms with Gasteiger partial charge >= 0.3 is 0 Å². The lowest BCUT2D eigenvalue weighted by Crippen LogP contribution is -2.64. The molecule has 2 N–H and O–H groups in total. The number of thioether (sulfide) groups is 1. The van der Waals surface area contributed by atoms with Gasteiger partial charge in [0.1, 0.15) is 25.2 Å². The van der Waals surface area contributed by atoms with Crippen LogP contribution in [0.5, 0.6) is 11.5 Å². The van der Waals surface area contributed by atoms with E-state index >= 15 is 0 Å². The number of benzene rings is 3. The summed E-state index contributed by atoms with van der Waals surface area (Å²) in [5, 5.41) is 26.5. The summed E-state index contributed by atoms with van der Waals surface area (Å²) >= 11 is 1.78. The van der Waals surface area contributed by atoms with Crippen LogP contribution in [0.15, 0.2) is 95.0 Å². The Balaban J connectivity index is 1.37. The molecule has 0 spiro atoms. The van der Waals surface area contributed by atoms with Crippen molar-refractivity contribution in [2.75, 3.05) is 53.2 Å². The van der Waals surface area contributed by atoms with Gasteiger partial charge in [-0.15, -0.1) is 18.3 Å². The molecule has 51 heavy (non-hydrogen) atoms. The van der Waals surface area contributed by atoms with E-state index in [-0.39, 0.29) is 42.1 Å². The molecular formula is C42H52N2O6S. The molecule has 6 unspecified atom stereocenters. The van der Waals surface area contributed by atoms with Gasteiger partial charge in [0.2, 0.25) is 5.79 Å². The lowest BCUT2D eigenvalue weighted by atomic mass is 9.56. The average molecular weight is 713 g/mol. The first-order chi connectivity index (χ1) is 25.1. The van der Waals surface area contributed by atoms with Gasteiger partial charge in [0.25, 0.3) is 0 Å². The normalized spacial score (nSPS) is 27.3. The molecule has 7 rings (SSSR count). The highest BCUT2D eigenvalue weighted by Crippen LogP contribution is 2.63. The van der Waals surface area contributed by atoms with E-state index in [0.29, 0.717) is 19.6 Å². The van der Waals surface area contributed by atoms with E-state index in [0.717, 1.165) is 91.4 Å². The summed E-state index contributed by atoms with van der Waals surface area (Å²) in [6.07, 6.45) is 10.1. The Labute approximate surface area is 306 Å². The Morgan fingerprint density at radius 3 is 2.57 bits per heavy atom. The third kappa shape index (κ3) is 7.74. The quantitative estimate of drug-likeness (QED) is 0.0604. The molecule has 0 radical (unpaired) electrons. The highest BCUT2D eigenvalue weighted by atomic mass is 32.2. The first-order valence-electron chi connectivity index (χ1n) is 18.7. The Morgan fingerprint density at radius 2 is 1.80 bits per heavy atom. The number of nitrogens with zero attached hydrogens (tertiary/aromatic N) is 2. The van der Waals surface area contributed by atoms with Gasteiger partial charge < -0.3 is 29.3 Å². The van der Waals surface area contributed by atoms with E-state index in [2.05, 4.69) is 72.2 Å². The third-order valence-corrected chi connectivity index (χ3v) is 12.3. The zero-order chi connectivity index (χ0) is 35.2. The molecule has 4 aliphatic rings. The topological polar surface area (TPSA) is 92.8 Å². The summed E-state index contributed by atoms with van der Waals surface area (Å²) in [6.45, 7) is 8.59. The van der Waals surface area contributed by atoms with Crippen LogP contribution in [-0.2, 0) is 9.57 Å². The van der Waals surface area contributed by atoms with Gasteiger partial charge in [-0.3, -0.25) is 4.90 Å². The second-order valence-corrected chi connectivity index (χ2v) is 15.5. The van der Waals surface area contributed by atoms with E-state index < -0.39 is 5.79 Å². The van der Waals surface area contributed by atoms with E-state index in [1.807, 2.05) is 12.1 Å². The fourth-order valence-electron chi connectivity index (χ4n) is 8.62. The van der Waals surface area contributed by atoms with Gasteiger partial charge in [0, 0.05) is 55.6 Å². The number of allylic oxidation sites excluding steroid dienone is 1. The molecule has 2 fully saturated rings. The predicted octanol–water partition coefficient (Wildman–Crippen LogP) is 7.59. The van der Waals surface area contributed by atoms with Crippen molar-refractivity contribution < 1.29 is 29.3 Å². The van der Waals surface area contributed by atoms with Crippen LogP contribution in [0.4, 0.5) is 0 Å². The number of rotatable bonds is 18.